The van der Waals surface area contributed by atoms with E-state index in [1.807, 2.05) is 25.2 Å². The minimum atomic E-state index is -1.53. The van der Waals surface area contributed by atoms with Gasteiger partial charge in [0, 0.05) is 34.7 Å². The molecule has 0 bridgehead atoms. The van der Waals surface area contributed by atoms with Crippen molar-refractivity contribution in [2.24, 2.45) is 0 Å². The van der Waals surface area contributed by atoms with Crippen LogP contribution in [0.4, 0.5) is 10.5 Å². The number of carboxylic acids is 2. The number of rotatable bonds is 6. The van der Waals surface area contributed by atoms with E-state index in [1.165, 1.54) is 0 Å². The topological polar surface area (TPSA) is 119 Å². The van der Waals surface area contributed by atoms with Gasteiger partial charge in [-0.25, -0.2) is 9.59 Å². The highest BCUT2D eigenvalue weighted by Gasteiger charge is 2.27. The molecule has 8 nitrogen and oxygen atoms in total. The summed E-state index contributed by atoms with van der Waals surface area (Å²) in [7, 11) is 2.01. The standard InChI is InChI=1S/C21H21Cl2N3O5/c1-26-9-15(14-6-12(22)7-17(23)16(14)10-26)11-2-4-13(5-3-11)24-21(31)25-18(20(29)30)8-19(27)28/h2-7,15,18H,8-10H2,1H3,(H,27,28)(H,29,30)(H2,24,25,31). The fourth-order valence-corrected chi connectivity index (χ4v) is 4.20. The molecule has 2 unspecified atom stereocenters. The van der Waals surface area contributed by atoms with E-state index >= 15 is 0 Å². The SMILES string of the molecule is CN1Cc2c(Cl)cc(Cl)cc2C(c2ccc(NC(=O)NC(CC(=O)O)C(=O)O)cc2)C1. The molecular weight excluding hydrogens is 445 g/mol. The van der Waals surface area contributed by atoms with Gasteiger partial charge in [-0.05, 0) is 48.0 Å². The molecule has 3 rings (SSSR count). The molecule has 0 aliphatic carbocycles. The number of aliphatic carboxylic acids is 2. The van der Waals surface area contributed by atoms with Gasteiger partial charge in [0.25, 0.3) is 0 Å². The van der Waals surface area contributed by atoms with E-state index in [1.54, 1.807) is 18.2 Å². The number of nitrogens with one attached hydrogen (secondary N) is 2. The minimum absolute atomic E-state index is 0.0415. The van der Waals surface area contributed by atoms with E-state index in [9.17, 15) is 14.4 Å². The quantitative estimate of drug-likeness (QED) is 0.517. The number of carbonyl (C=O) groups excluding carboxylic acids is 1. The van der Waals surface area contributed by atoms with E-state index in [4.69, 9.17) is 33.4 Å². The summed E-state index contributed by atoms with van der Waals surface area (Å²) < 4.78 is 0. The second-order valence-corrected chi connectivity index (χ2v) is 8.26. The van der Waals surface area contributed by atoms with Gasteiger partial charge in [-0.15, -0.1) is 0 Å². The minimum Gasteiger partial charge on any atom is -0.481 e. The molecule has 1 aliphatic rings. The van der Waals surface area contributed by atoms with E-state index in [0.717, 1.165) is 29.8 Å². The van der Waals surface area contributed by atoms with Gasteiger partial charge in [0.1, 0.15) is 6.04 Å². The number of benzene rings is 2. The predicted octanol–water partition coefficient (Wildman–Crippen LogP) is 3.62. The number of nitrogens with zero attached hydrogens (tertiary/aromatic N) is 1. The molecule has 0 spiro atoms. The third kappa shape index (κ3) is 5.66. The highest BCUT2D eigenvalue weighted by molar-refractivity contribution is 6.35. The van der Waals surface area contributed by atoms with Crippen molar-refractivity contribution in [2.45, 2.75) is 24.9 Å². The zero-order valence-corrected chi connectivity index (χ0v) is 18.1. The number of halogens is 2. The first-order valence-electron chi connectivity index (χ1n) is 9.42. The number of hydrogen-bond donors (Lipinski definition) is 4. The van der Waals surface area contributed by atoms with Crippen molar-refractivity contribution in [1.29, 1.82) is 0 Å². The smallest absolute Gasteiger partial charge is 0.326 e. The van der Waals surface area contributed by atoms with Gasteiger partial charge in [0.2, 0.25) is 0 Å². The Balaban J connectivity index is 1.75. The lowest BCUT2D eigenvalue weighted by atomic mass is 9.85. The maximum absolute atomic E-state index is 12.1. The van der Waals surface area contributed by atoms with Crippen molar-refractivity contribution >= 4 is 46.9 Å². The van der Waals surface area contributed by atoms with Crippen LogP contribution in [0.5, 0.6) is 0 Å². The monoisotopic (exact) mass is 465 g/mol. The number of urea groups is 1. The summed E-state index contributed by atoms with van der Waals surface area (Å²) >= 11 is 12.6. The van der Waals surface area contributed by atoms with Crippen molar-refractivity contribution in [1.82, 2.24) is 10.2 Å². The van der Waals surface area contributed by atoms with Crippen molar-refractivity contribution in [2.75, 3.05) is 18.9 Å². The lowest BCUT2D eigenvalue weighted by Crippen LogP contribution is -2.44. The molecule has 4 N–H and O–H groups in total. The first-order chi connectivity index (χ1) is 14.6. The Labute approximate surface area is 188 Å². The molecule has 31 heavy (non-hydrogen) atoms. The van der Waals surface area contributed by atoms with Crippen molar-refractivity contribution in [3.8, 4) is 0 Å². The van der Waals surface area contributed by atoms with E-state index < -0.39 is 30.4 Å². The normalized spacial score (nSPS) is 16.8. The Morgan fingerprint density at radius 2 is 1.84 bits per heavy atom. The summed E-state index contributed by atoms with van der Waals surface area (Å²) in [6.07, 6.45) is -0.721. The number of fused-ring (bicyclic) bond motifs is 1. The number of likely N-dealkylation sites (N-methyl/N-ethyl adjacent to an activating group) is 1. The summed E-state index contributed by atoms with van der Waals surface area (Å²) in [4.78, 5) is 36.1. The molecule has 164 valence electrons. The van der Waals surface area contributed by atoms with E-state index in [2.05, 4.69) is 15.5 Å². The van der Waals surface area contributed by atoms with Gasteiger partial charge >= 0.3 is 18.0 Å². The number of carboxylic acid groups (broad SMARTS) is 2. The third-order valence-corrected chi connectivity index (χ3v) is 5.60. The summed E-state index contributed by atoms with van der Waals surface area (Å²) in [5, 5.41) is 23.6. The van der Waals surface area contributed by atoms with Crippen molar-refractivity contribution in [3.63, 3.8) is 0 Å². The summed E-state index contributed by atoms with van der Waals surface area (Å²) in [6.45, 7) is 1.50. The molecule has 1 heterocycles. The number of carbonyl (C=O) groups is 3. The highest BCUT2D eigenvalue weighted by atomic mass is 35.5. The van der Waals surface area contributed by atoms with Crippen LogP contribution >= 0.6 is 23.2 Å². The molecule has 2 aromatic carbocycles. The predicted molar refractivity (Wildman–Crippen MR) is 117 cm³/mol. The number of hydrogen-bond acceptors (Lipinski definition) is 4. The molecule has 2 amide bonds. The molecule has 2 atom stereocenters. The summed E-state index contributed by atoms with van der Waals surface area (Å²) in [5.41, 5.74) is 3.54. The van der Waals surface area contributed by atoms with Crippen molar-refractivity contribution < 1.29 is 24.6 Å². The van der Waals surface area contributed by atoms with Crippen LogP contribution in [0.15, 0.2) is 36.4 Å². The van der Waals surface area contributed by atoms with Crippen LogP contribution in [0.25, 0.3) is 0 Å². The maximum atomic E-state index is 12.1. The Bertz CT molecular complexity index is 1010. The van der Waals surface area contributed by atoms with E-state index in [0.29, 0.717) is 15.7 Å². The second-order valence-electron chi connectivity index (χ2n) is 7.41. The fraction of sp³-hybridized carbons (Fsp3) is 0.286. The van der Waals surface area contributed by atoms with Crippen LogP contribution in [0.2, 0.25) is 10.0 Å². The molecule has 0 saturated heterocycles. The Morgan fingerprint density at radius 3 is 2.45 bits per heavy atom. The molecule has 0 radical (unpaired) electrons. The molecule has 10 heteroatoms. The third-order valence-electron chi connectivity index (χ3n) is 5.05. The van der Waals surface area contributed by atoms with Crippen LogP contribution in [0.3, 0.4) is 0 Å². The average Bonchev–Trinajstić information content (AvgIpc) is 2.68. The molecule has 0 aromatic heterocycles. The first-order valence-corrected chi connectivity index (χ1v) is 10.2. The summed E-state index contributed by atoms with van der Waals surface area (Å²) in [6, 6.07) is 8.45. The zero-order valence-electron chi connectivity index (χ0n) is 16.6. The maximum Gasteiger partial charge on any atom is 0.326 e. The Morgan fingerprint density at radius 1 is 1.16 bits per heavy atom. The fourth-order valence-electron chi connectivity index (χ4n) is 3.63. The molecule has 0 saturated carbocycles. The second kappa shape index (κ2) is 9.55. The number of anilines is 1. The van der Waals surface area contributed by atoms with Gasteiger partial charge in [-0.2, -0.15) is 0 Å². The van der Waals surface area contributed by atoms with Crippen LogP contribution < -0.4 is 10.6 Å². The summed E-state index contributed by atoms with van der Waals surface area (Å²) in [5.74, 6) is -2.71. The average molecular weight is 466 g/mol. The first kappa shape index (κ1) is 22.9. The lowest BCUT2D eigenvalue weighted by Gasteiger charge is -2.33. The Hall–Kier alpha value is -2.81. The van der Waals surface area contributed by atoms with Crippen LogP contribution in [0.1, 0.15) is 29.0 Å². The molecule has 2 aromatic rings. The van der Waals surface area contributed by atoms with Gasteiger partial charge in [0.15, 0.2) is 0 Å². The molecule has 1 aliphatic heterocycles. The highest BCUT2D eigenvalue weighted by Crippen LogP contribution is 2.38. The molecule has 0 fully saturated rings. The van der Waals surface area contributed by atoms with Crippen LogP contribution in [0, 0.1) is 0 Å². The number of amides is 2. The van der Waals surface area contributed by atoms with Gasteiger partial charge in [-0.3, -0.25) is 4.79 Å². The lowest BCUT2D eigenvalue weighted by molar-refractivity contribution is -0.145. The zero-order chi connectivity index (χ0) is 22.7. The largest absolute Gasteiger partial charge is 0.481 e. The van der Waals surface area contributed by atoms with E-state index in [-0.39, 0.29) is 5.92 Å². The van der Waals surface area contributed by atoms with Gasteiger partial charge in [-0.1, -0.05) is 35.3 Å². The van der Waals surface area contributed by atoms with Crippen LogP contribution in [-0.4, -0.2) is 52.7 Å². The molecular formula is C21H21Cl2N3O5. The van der Waals surface area contributed by atoms with Crippen LogP contribution in [-0.2, 0) is 16.1 Å². The van der Waals surface area contributed by atoms with Crippen molar-refractivity contribution in [3.05, 3.63) is 63.1 Å². The Kier molecular flexibility index (Phi) is 7.04. The van der Waals surface area contributed by atoms with Gasteiger partial charge < -0.3 is 25.7 Å². The van der Waals surface area contributed by atoms with Gasteiger partial charge in [0.05, 0.1) is 6.42 Å².